The second-order valence-electron chi connectivity index (χ2n) is 14.6. The van der Waals surface area contributed by atoms with Gasteiger partial charge in [-0.25, -0.2) is 5.84 Å². The van der Waals surface area contributed by atoms with Gasteiger partial charge in [0.15, 0.2) is 0 Å². The monoisotopic (exact) mass is 688 g/mol. The highest BCUT2D eigenvalue weighted by Gasteiger charge is 2.17. The lowest BCUT2D eigenvalue weighted by atomic mass is 10.1. The zero-order valence-corrected chi connectivity index (χ0v) is 32.6. The Morgan fingerprint density at radius 3 is 1.45 bits per heavy atom. The summed E-state index contributed by atoms with van der Waals surface area (Å²) in [6.07, 6.45) is 40.0. The predicted octanol–water partition coefficient (Wildman–Crippen LogP) is 9.72. The molecule has 0 saturated carbocycles. The van der Waals surface area contributed by atoms with Crippen LogP contribution in [0.25, 0.3) is 0 Å². The number of piperazine rings is 1. The number of amides is 2. The third-order valence-corrected chi connectivity index (χ3v) is 9.95. The molecule has 0 aliphatic carbocycles. The minimum Gasteiger partial charge on any atom is -0.356 e. The van der Waals surface area contributed by atoms with Crippen molar-refractivity contribution in [2.75, 3.05) is 52.4 Å². The number of rotatable bonds is 34. The van der Waals surface area contributed by atoms with Gasteiger partial charge < -0.3 is 15.1 Å². The summed E-state index contributed by atoms with van der Waals surface area (Å²) in [6, 6.07) is 0. The van der Waals surface area contributed by atoms with Crippen molar-refractivity contribution >= 4 is 11.8 Å². The van der Waals surface area contributed by atoms with E-state index >= 15 is 0 Å². The Morgan fingerprint density at radius 2 is 0.959 bits per heavy atom. The Bertz CT molecular complexity index is 809. The molecule has 1 heterocycles. The molecule has 7 heteroatoms. The van der Waals surface area contributed by atoms with Gasteiger partial charge >= 0.3 is 0 Å². The van der Waals surface area contributed by atoms with Gasteiger partial charge in [0.05, 0.1) is 0 Å². The molecule has 0 aromatic carbocycles. The molecule has 7 nitrogen and oxygen atoms in total. The van der Waals surface area contributed by atoms with Gasteiger partial charge in [0, 0.05) is 52.1 Å². The minimum atomic E-state index is 0.0881. The number of allylic oxidation sites excluding steroid dienone is 4. The third kappa shape index (κ3) is 29.7. The fourth-order valence-corrected chi connectivity index (χ4v) is 6.58. The number of unbranched alkanes of at least 4 members (excludes halogenated alkanes) is 18. The summed E-state index contributed by atoms with van der Waals surface area (Å²) >= 11 is 0. The molecule has 0 unspecified atom stereocenters. The van der Waals surface area contributed by atoms with Crippen LogP contribution in [0.4, 0.5) is 0 Å². The average molecular weight is 688 g/mol. The molecule has 1 aliphatic rings. The summed E-state index contributed by atoms with van der Waals surface area (Å²) in [5.41, 5.74) is 0. The smallest absolute Gasteiger partial charge is 0.236 e. The summed E-state index contributed by atoms with van der Waals surface area (Å²) in [7, 11) is 0. The van der Waals surface area contributed by atoms with Crippen molar-refractivity contribution in [2.45, 2.75) is 181 Å². The summed E-state index contributed by atoms with van der Waals surface area (Å²) < 4.78 is 0. The number of nitrogens with one attached hydrogen (secondary N) is 1. The molecule has 1 fully saturated rings. The molecule has 0 atom stereocenters. The molecule has 0 aromatic heterocycles. The number of hydrazine groups is 1. The van der Waals surface area contributed by atoms with Crippen LogP contribution in [0.2, 0.25) is 0 Å². The number of hydrogen-bond donors (Lipinski definition) is 2. The number of hydrogen-bond acceptors (Lipinski definition) is 5. The fraction of sp³-hybridized carbons (Fsp3) is 0.857. The number of nitrogens with zero attached hydrogens (tertiary/aromatic N) is 3. The highest BCUT2D eigenvalue weighted by Crippen LogP contribution is 2.11. The molecule has 0 aromatic rings. The van der Waals surface area contributed by atoms with Crippen LogP contribution < -0.4 is 11.2 Å². The molecule has 1 saturated heterocycles. The van der Waals surface area contributed by atoms with Gasteiger partial charge in [-0.2, -0.15) is 0 Å². The standard InChI is InChI=1S/C42H81N5O2/c1-3-5-7-9-11-13-15-17-19-21-23-25-27-31-41(48)44-33-29-34-45-37-39-46(40-38-45)35-30-36-47(43)42(49)32-28-26-24-22-20-18-16-14-12-10-8-6-4-2/h13-16H,3-12,17-40,43H2,1-2H3,(H,44,48). The zero-order chi connectivity index (χ0) is 35.5. The maximum atomic E-state index is 12.4. The van der Waals surface area contributed by atoms with E-state index in [9.17, 15) is 9.59 Å². The van der Waals surface area contributed by atoms with Crippen LogP contribution in [-0.4, -0.2) is 79.0 Å². The van der Waals surface area contributed by atoms with Crippen molar-refractivity contribution in [1.82, 2.24) is 20.1 Å². The highest BCUT2D eigenvalue weighted by atomic mass is 16.2. The van der Waals surface area contributed by atoms with Crippen molar-refractivity contribution in [2.24, 2.45) is 5.84 Å². The summed E-state index contributed by atoms with van der Waals surface area (Å²) in [5, 5.41) is 4.58. The van der Waals surface area contributed by atoms with Crippen molar-refractivity contribution in [3.05, 3.63) is 24.3 Å². The van der Waals surface area contributed by atoms with Gasteiger partial charge in [-0.3, -0.25) is 14.6 Å². The Labute approximate surface area is 304 Å². The number of nitrogens with two attached hydrogens (primary N) is 1. The van der Waals surface area contributed by atoms with Crippen LogP contribution in [0.3, 0.4) is 0 Å². The van der Waals surface area contributed by atoms with Crippen molar-refractivity contribution in [3.8, 4) is 0 Å². The van der Waals surface area contributed by atoms with E-state index in [0.29, 0.717) is 19.4 Å². The summed E-state index contributed by atoms with van der Waals surface area (Å²) in [6.45, 7) is 12.3. The lowest BCUT2D eigenvalue weighted by Crippen LogP contribution is -2.48. The Hall–Kier alpha value is -1.70. The van der Waals surface area contributed by atoms with E-state index in [4.69, 9.17) is 5.84 Å². The molecule has 0 radical (unpaired) electrons. The van der Waals surface area contributed by atoms with E-state index in [1.165, 1.54) is 121 Å². The normalized spacial score (nSPS) is 14.3. The molecule has 1 rings (SSSR count). The van der Waals surface area contributed by atoms with E-state index in [0.717, 1.165) is 84.3 Å². The maximum absolute atomic E-state index is 12.4. The molecular formula is C42H81N5O2. The van der Waals surface area contributed by atoms with E-state index in [1.54, 1.807) is 0 Å². The second-order valence-corrected chi connectivity index (χ2v) is 14.6. The number of carbonyl (C=O) groups is 2. The van der Waals surface area contributed by atoms with Gasteiger partial charge in [-0.1, -0.05) is 115 Å². The minimum absolute atomic E-state index is 0.0881. The van der Waals surface area contributed by atoms with E-state index in [2.05, 4.69) is 53.3 Å². The van der Waals surface area contributed by atoms with Gasteiger partial charge in [-0.05, 0) is 90.1 Å². The van der Waals surface area contributed by atoms with Crippen LogP contribution in [0.5, 0.6) is 0 Å². The zero-order valence-electron chi connectivity index (χ0n) is 32.6. The Kier molecular flexibility index (Phi) is 32.1. The Balaban J connectivity index is 1.90. The van der Waals surface area contributed by atoms with Gasteiger partial charge in [0.25, 0.3) is 0 Å². The van der Waals surface area contributed by atoms with Crippen molar-refractivity contribution < 1.29 is 9.59 Å². The maximum Gasteiger partial charge on any atom is 0.236 e. The first-order valence-electron chi connectivity index (χ1n) is 21.1. The quantitative estimate of drug-likeness (QED) is 0.0231. The highest BCUT2D eigenvalue weighted by molar-refractivity contribution is 5.75. The van der Waals surface area contributed by atoms with Crippen LogP contribution in [-0.2, 0) is 9.59 Å². The fourth-order valence-electron chi connectivity index (χ4n) is 6.58. The van der Waals surface area contributed by atoms with E-state index in [1.807, 2.05) is 0 Å². The summed E-state index contributed by atoms with van der Waals surface area (Å²) in [4.78, 5) is 29.6. The molecule has 0 spiro atoms. The molecule has 0 bridgehead atoms. The topological polar surface area (TPSA) is 81.9 Å². The molecule has 1 aliphatic heterocycles. The lowest BCUT2D eigenvalue weighted by molar-refractivity contribution is -0.131. The largest absolute Gasteiger partial charge is 0.356 e. The van der Waals surface area contributed by atoms with Gasteiger partial charge in [0.2, 0.25) is 11.8 Å². The first-order chi connectivity index (χ1) is 24.1. The van der Waals surface area contributed by atoms with E-state index in [-0.39, 0.29) is 11.8 Å². The van der Waals surface area contributed by atoms with E-state index < -0.39 is 0 Å². The summed E-state index contributed by atoms with van der Waals surface area (Å²) in [5.74, 6) is 6.39. The van der Waals surface area contributed by atoms with Crippen molar-refractivity contribution in [1.29, 1.82) is 0 Å². The van der Waals surface area contributed by atoms with Gasteiger partial charge in [0.1, 0.15) is 0 Å². The SMILES string of the molecule is CCCCCCC=CCCCCCCCC(=O)NCCCN1CCN(CCCN(N)C(=O)CCCCCCCC=CCCCCCC)CC1. The van der Waals surface area contributed by atoms with Crippen LogP contribution in [0.15, 0.2) is 24.3 Å². The molecular weight excluding hydrogens is 606 g/mol. The third-order valence-electron chi connectivity index (χ3n) is 9.95. The average Bonchev–Trinajstić information content (AvgIpc) is 3.11. The molecule has 3 N–H and O–H groups in total. The first-order valence-corrected chi connectivity index (χ1v) is 21.1. The first kappa shape index (κ1) is 45.3. The van der Waals surface area contributed by atoms with Crippen LogP contribution >= 0.6 is 0 Å². The predicted molar refractivity (Wildman–Crippen MR) is 211 cm³/mol. The second kappa shape index (κ2) is 34.7. The molecule has 2 amide bonds. The van der Waals surface area contributed by atoms with Crippen molar-refractivity contribution in [3.63, 3.8) is 0 Å². The van der Waals surface area contributed by atoms with Gasteiger partial charge in [-0.15, -0.1) is 0 Å². The Morgan fingerprint density at radius 1 is 0.551 bits per heavy atom. The molecule has 286 valence electrons. The number of carbonyl (C=O) groups excluding carboxylic acids is 2. The molecule has 49 heavy (non-hydrogen) atoms. The lowest BCUT2D eigenvalue weighted by Gasteiger charge is -2.35. The van der Waals surface area contributed by atoms with Crippen LogP contribution in [0, 0.1) is 0 Å². The van der Waals surface area contributed by atoms with Crippen LogP contribution in [0.1, 0.15) is 181 Å².